The third-order valence-electron chi connectivity index (χ3n) is 9.18. The Bertz CT molecular complexity index is 1100. The van der Waals surface area contributed by atoms with Gasteiger partial charge in [-0.15, -0.1) is 0 Å². The second-order valence-corrected chi connectivity index (χ2v) is 12.1. The van der Waals surface area contributed by atoms with Gasteiger partial charge in [0.2, 0.25) is 5.91 Å². The van der Waals surface area contributed by atoms with Gasteiger partial charge in [0.05, 0.1) is 29.8 Å². The summed E-state index contributed by atoms with van der Waals surface area (Å²) in [4.78, 5) is 32.2. The summed E-state index contributed by atoms with van der Waals surface area (Å²) in [5, 5.41) is 2.07. The normalized spacial score (nSPS) is 31.0. The lowest BCUT2D eigenvalue weighted by atomic mass is 9.83. The van der Waals surface area contributed by atoms with Gasteiger partial charge in [0.1, 0.15) is 6.04 Å². The fourth-order valence-electron chi connectivity index (χ4n) is 6.56. The number of piperazine rings is 1. The van der Waals surface area contributed by atoms with Crippen LogP contribution in [0.5, 0.6) is 0 Å². The number of halogens is 4. The second kappa shape index (κ2) is 9.86. The molecule has 4 aliphatic rings. The maximum atomic E-state index is 13.5. The zero-order valence-electron chi connectivity index (χ0n) is 22.1. The molecule has 7 nitrogen and oxygen atoms in total. The Morgan fingerprint density at radius 3 is 2.61 bits per heavy atom. The number of urea groups is 1. The van der Waals surface area contributed by atoms with Crippen LogP contribution in [0.1, 0.15) is 58.4 Å². The van der Waals surface area contributed by atoms with Crippen molar-refractivity contribution in [2.75, 3.05) is 38.1 Å². The van der Waals surface area contributed by atoms with Gasteiger partial charge in [-0.3, -0.25) is 4.79 Å². The van der Waals surface area contributed by atoms with Gasteiger partial charge < -0.3 is 24.8 Å². The zero-order chi connectivity index (χ0) is 27.5. The molecule has 1 aromatic rings. The van der Waals surface area contributed by atoms with Crippen LogP contribution in [0.2, 0.25) is 5.02 Å². The number of benzene rings is 1. The van der Waals surface area contributed by atoms with Crippen molar-refractivity contribution in [3.05, 3.63) is 28.8 Å². The lowest BCUT2D eigenvalue weighted by Gasteiger charge is -2.47. The number of amides is 3. The minimum atomic E-state index is -4.59. The summed E-state index contributed by atoms with van der Waals surface area (Å²) in [5.74, 6) is 0.554. The van der Waals surface area contributed by atoms with E-state index in [9.17, 15) is 22.8 Å². The predicted octanol–water partition coefficient (Wildman–Crippen LogP) is 5.44. The minimum absolute atomic E-state index is 0.0501. The molecule has 0 radical (unpaired) electrons. The van der Waals surface area contributed by atoms with Crippen molar-refractivity contribution >= 4 is 29.2 Å². The number of anilines is 1. The summed E-state index contributed by atoms with van der Waals surface area (Å²) in [6.45, 7) is 9.73. The fraction of sp³-hybridized carbons (Fsp3) is 0.704. The van der Waals surface area contributed by atoms with Crippen LogP contribution < -0.4 is 5.32 Å². The maximum absolute atomic E-state index is 13.5. The van der Waals surface area contributed by atoms with E-state index < -0.39 is 34.6 Å². The number of hydrogen-bond acceptors (Lipinski definition) is 4. The Balaban J connectivity index is 1.18. The molecule has 38 heavy (non-hydrogen) atoms. The van der Waals surface area contributed by atoms with Gasteiger partial charge in [0, 0.05) is 12.2 Å². The Morgan fingerprint density at radius 2 is 1.97 bits per heavy atom. The highest BCUT2D eigenvalue weighted by atomic mass is 35.5. The van der Waals surface area contributed by atoms with Crippen LogP contribution >= 0.6 is 11.6 Å². The Morgan fingerprint density at radius 1 is 1.24 bits per heavy atom. The van der Waals surface area contributed by atoms with Crippen LogP contribution in [-0.2, 0) is 15.7 Å². The molecule has 1 saturated carbocycles. The van der Waals surface area contributed by atoms with Gasteiger partial charge in [-0.1, -0.05) is 18.5 Å². The molecule has 1 aromatic carbocycles. The molecule has 1 N–H and O–H groups in total. The molecule has 0 aromatic heterocycles. The van der Waals surface area contributed by atoms with Crippen molar-refractivity contribution in [2.24, 2.45) is 11.3 Å². The number of hydrogen-bond donors (Lipinski definition) is 1. The van der Waals surface area contributed by atoms with E-state index in [1.165, 1.54) is 24.2 Å². The standard InChI is InChI=1S/C27H36ClF3N4O3/c1-17-14-33(12-10-26(17)8-9-26)11-4-5-20-15-38-25(3)16-34(18(2)23(36)35(20)25)24(37)32-19-6-7-21(22(28)13-19)27(29,30)31/h6-7,13,17-18,20H,4-5,8-12,14-16H2,1-3H3,(H,32,37). The predicted molar refractivity (Wildman–Crippen MR) is 138 cm³/mol. The molecule has 1 spiro atoms. The third kappa shape index (κ3) is 5.11. The lowest BCUT2D eigenvalue weighted by Crippen LogP contribution is -2.67. The van der Waals surface area contributed by atoms with Gasteiger partial charge in [-0.25, -0.2) is 4.79 Å². The molecule has 4 unspecified atom stereocenters. The van der Waals surface area contributed by atoms with Crippen LogP contribution in [0.25, 0.3) is 0 Å². The topological polar surface area (TPSA) is 65.1 Å². The van der Waals surface area contributed by atoms with Crippen molar-refractivity contribution < 1.29 is 27.5 Å². The molecule has 4 atom stereocenters. The van der Waals surface area contributed by atoms with Crippen LogP contribution in [-0.4, -0.2) is 77.2 Å². The zero-order valence-corrected chi connectivity index (χ0v) is 22.9. The number of ether oxygens (including phenoxy) is 1. The number of nitrogens with zero attached hydrogens (tertiary/aromatic N) is 3. The quantitative estimate of drug-likeness (QED) is 0.524. The maximum Gasteiger partial charge on any atom is 0.417 e. The van der Waals surface area contributed by atoms with E-state index >= 15 is 0 Å². The van der Waals surface area contributed by atoms with Gasteiger partial charge in [0.25, 0.3) is 0 Å². The summed E-state index contributed by atoms with van der Waals surface area (Å²) < 4.78 is 45.1. The smallest absolute Gasteiger partial charge is 0.352 e. The molecule has 4 fully saturated rings. The van der Waals surface area contributed by atoms with E-state index in [0.717, 1.165) is 56.6 Å². The molecule has 210 valence electrons. The Hall–Kier alpha value is -2.04. The van der Waals surface area contributed by atoms with Crippen LogP contribution in [0, 0.1) is 11.3 Å². The van der Waals surface area contributed by atoms with E-state index in [1.807, 2.05) is 6.92 Å². The lowest BCUT2D eigenvalue weighted by molar-refractivity contribution is -0.167. The van der Waals surface area contributed by atoms with Gasteiger partial charge in [-0.05, 0) is 88.6 Å². The summed E-state index contributed by atoms with van der Waals surface area (Å²) in [5.41, 5.74) is -1.20. The summed E-state index contributed by atoms with van der Waals surface area (Å²) in [6, 6.07) is 1.64. The molecule has 0 bridgehead atoms. The minimum Gasteiger partial charge on any atom is -0.352 e. The molecule has 5 rings (SSSR count). The number of likely N-dealkylation sites (tertiary alicyclic amines) is 1. The van der Waals surface area contributed by atoms with Crippen LogP contribution in [0.15, 0.2) is 18.2 Å². The van der Waals surface area contributed by atoms with Crippen molar-refractivity contribution in [2.45, 2.75) is 76.9 Å². The number of fused-ring (bicyclic) bond motifs is 1. The largest absolute Gasteiger partial charge is 0.417 e. The number of piperidine rings is 1. The third-order valence-corrected chi connectivity index (χ3v) is 9.49. The molecule has 3 saturated heterocycles. The van der Waals surface area contributed by atoms with Crippen molar-refractivity contribution in [1.82, 2.24) is 14.7 Å². The monoisotopic (exact) mass is 556 g/mol. The average molecular weight is 557 g/mol. The van der Waals surface area contributed by atoms with E-state index in [-0.39, 0.29) is 24.2 Å². The molecular formula is C27H36ClF3N4O3. The van der Waals surface area contributed by atoms with Crippen LogP contribution in [0.4, 0.5) is 23.7 Å². The molecule has 3 heterocycles. The number of carbonyl (C=O) groups excluding carboxylic acids is 2. The van der Waals surface area contributed by atoms with Gasteiger partial charge in [-0.2, -0.15) is 13.2 Å². The Labute approximate surface area is 226 Å². The van der Waals surface area contributed by atoms with E-state index in [2.05, 4.69) is 17.1 Å². The second-order valence-electron chi connectivity index (χ2n) is 11.7. The molecule has 1 aliphatic carbocycles. The summed E-state index contributed by atoms with van der Waals surface area (Å²) in [7, 11) is 0. The van der Waals surface area contributed by atoms with Crippen molar-refractivity contribution in [3.8, 4) is 0 Å². The van der Waals surface area contributed by atoms with Gasteiger partial charge >= 0.3 is 12.2 Å². The molecule has 3 aliphatic heterocycles. The first-order chi connectivity index (χ1) is 17.8. The summed E-state index contributed by atoms with van der Waals surface area (Å²) >= 11 is 5.79. The first kappa shape index (κ1) is 27.5. The average Bonchev–Trinajstić information content (AvgIpc) is 3.54. The van der Waals surface area contributed by atoms with Crippen LogP contribution in [0.3, 0.4) is 0 Å². The van der Waals surface area contributed by atoms with Crippen molar-refractivity contribution in [1.29, 1.82) is 0 Å². The van der Waals surface area contributed by atoms with E-state index in [1.54, 1.807) is 11.8 Å². The molecule has 3 amide bonds. The molecular weight excluding hydrogens is 521 g/mol. The SMILES string of the molecule is CC1C(=O)N2C(CCCN3CCC4(CC4)C(C)C3)COC2(C)CN1C(=O)Nc1ccc(C(F)(F)F)c(Cl)c1. The van der Waals surface area contributed by atoms with Gasteiger partial charge in [0.15, 0.2) is 5.72 Å². The Kier molecular flexibility index (Phi) is 7.14. The first-order valence-corrected chi connectivity index (χ1v) is 13.8. The first-order valence-electron chi connectivity index (χ1n) is 13.5. The number of carbonyl (C=O) groups is 2. The fourth-order valence-corrected chi connectivity index (χ4v) is 6.85. The van der Waals surface area contributed by atoms with Crippen molar-refractivity contribution in [3.63, 3.8) is 0 Å². The highest BCUT2D eigenvalue weighted by molar-refractivity contribution is 6.31. The van der Waals surface area contributed by atoms with E-state index in [0.29, 0.717) is 12.0 Å². The van der Waals surface area contributed by atoms with E-state index in [4.69, 9.17) is 16.3 Å². The summed E-state index contributed by atoms with van der Waals surface area (Å²) in [6.07, 6.45) is 1.26. The number of rotatable bonds is 5. The highest BCUT2D eigenvalue weighted by Crippen LogP contribution is 2.56. The molecule has 11 heteroatoms. The highest BCUT2D eigenvalue weighted by Gasteiger charge is 2.54. The number of nitrogens with one attached hydrogen (secondary N) is 1. The number of alkyl halides is 3.